The number of allylic oxidation sites excluding steroid dienone is 1. The lowest BCUT2D eigenvalue weighted by atomic mass is 9.82. The Morgan fingerprint density at radius 1 is 0.952 bits per heavy atom. The van der Waals surface area contributed by atoms with Gasteiger partial charge in [-0.15, -0.1) is 0 Å². The number of nitrogens with zero attached hydrogens (tertiary/aromatic N) is 3. The van der Waals surface area contributed by atoms with E-state index in [0.717, 1.165) is 76.6 Å². The van der Waals surface area contributed by atoms with E-state index in [-0.39, 0.29) is 25.1 Å². The minimum Gasteiger partial charge on any atom is -0.453 e. The number of aromatic nitrogens is 1. The Bertz CT molecular complexity index is 2110. The van der Waals surface area contributed by atoms with Crippen LogP contribution >= 0.6 is 0 Å². The van der Waals surface area contributed by atoms with E-state index in [2.05, 4.69) is 37.0 Å². The van der Waals surface area contributed by atoms with Crippen molar-refractivity contribution >= 4 is 29.6 Å². The van der Waals surface area contributed by atoms with E-state index in [9.17, 15) is 36.6 Å². The summed E-state index contributed by atoms with van der Waals surface area (Å²) < 4.78 is 77.8. The molecule has 5 atom stereocenters. The molecule has 3 unspecified atom stereocenters. The van der Waals surface area contributed by atoms with Gasteiger partial charge in [0.05, 0.1) is 43.9 Å². The quantitative estimate of drug-likeness (QED) is 0.0480. The van der Waals surface area contributed by atoms with E-state index in [1.165, 1.54) is 12.8 Å². The monoisotopic (exact) mass is 880 g/mol. The fourth-order valence-electron chi connectivity index (χ4n) is 8.03. The average Bonchev–Trinajstić information content (AvgIpc) is 3.47. The molecule has 0 spiro atoms. The number of anilines is 1. The summed E-state index contributed by atoms with van der Waals surface area (Å²) in [7, 11) is 0.962. The van der Waals surface area contributed by atoms with Crippen LogP contribution in [0.15, 0.2) is 73.1 Å². The maximum atomic E-state index is 14.2. The molecular formula is C45H53F5N8O5. The second kappa shape index (κ2) is 20.7. The Kier molecular flexibility index (Phi) is 15.4. The van der Waals surface area contributed by atoms with E-state index >= 15 is 0 Å². The largest absolute Gasteiger partial charge is 0.453 e. The number of alkyl halides is 5. The van der Waals surface area contributed by atoms with Crippen molar-refractivity contribution in [1.82, 2.24) is 31.2 Å². The molecule has 2 bridgehead atoms. The first-order valence-corrected chi connectivity index (χ1v) is 20.7. The molecular weight excluding hydrogens is 828 g/mol. The van der Waals surface area contributed by atoms with Gasteiger partial charge >= 0.3 is 18.8 Å². The molecule has 3 aliphatic rings. The number of halogens is 5. The fourth-order valence-corrected chi connectivity index (χ4v) is 8.03. The van der Waals surface area contributed by atoms with Gasteiger partial charge in [-0.1, -0.05) is 48.2 Å². The minimum absolute atomic E-state index is 0.00440. The van der Waals surface area contributed by atoms with E-state index in [4.69, 9.17) is 15.1 Å². The normalized spacial score (nSPS) is 19.6. The lowest BCUT2D eigenvalue weighted by Crippen LogP contribution is -2.62. The zero-order chi connectivity index (χ0) is 45.3. The SMILES string of the molecule is COC(=O)NC(C(=O)N[C@@H](Cc1ccc(C#Cc2ccc(N3CC4CCC(C3)N4C3COC3)nc2)cc1)[C@@H](O)CNCc1ccc(/C(C=N)=C/NC(F)F)cc1)C(C)(C)C(F)(F)F. The van der Waals surface area contributed by atoms with Crippen LogP contribution in [0.3, 0.4) is 0 Å². The third kappa shape index (κ3) is 11.9. The van der Waals surface area contributed by atoms with Crippen LogP contribution in [0.25, 0.3) is 5.57 Å². The predicted octanol–water partition coefficient (Wildman–Crippen LogP) is 4.83. The van der Waals surface area contributed by atoms with Gasteiger partial charge in [-0.25, -0.2) is 9.78 Å². The van der Waals surface area contributed by atoms with Gasteiger partial charge in [0.1, 0.15) is 11.9 Å². The summed E-state index contributed by atoms with van der Waals surface area (Å²) in [6, 6.07) is 15.9. The summed E-state index contributed by atoms with van der Waals surface area (Å²) in [6.45, 7) is 2.36. The fraction of sp³-hybridized carbons (Fsp3) is 0.467. The first kappa shape index (κ1) is 46.9. The molecule has 0 radical (unpaired) electrons. The predicted molar refractivity (Wildman–Crippen MR) is 227 cm³/mol. The van der Waals surface area contributed by atoms with Crippen LogP contribution in [0.2, 0.25) is 0 Å². The number of alkyl carbamates (subject to hydrolysis) is 1. The molecule has 0 aliphatic carbocycles. The zero-order valence-corrected chi connectivity index (χ0v) is 35.2. The molecule has 338 valence electrons. The lowest BCUT2D eigenvalue weighted by Gasteiger charge is -2.47. The standard InChI is InChI=1S/C45H53F5N8O5/c1-44(2,45(48,49)50)40(56-43(61)62-3)41(60)55-37(38(59)23-52-20-30-10-13-32(14-11-30)33(19-51)22-54-42(46)47)18-29-7-4-28(5-8-29)6-9-31-12-17-39(53-21-31)57-24-34-15-16-35(25-57)58(34)36-26-63-27-36/h4-5,7-8,10-14,17,19,21-22,34-38,40,42,51-52,54,59H,15-16,18,20,23-27H2,1-3H3,(H,55,60)(H,56,61)/b33-22+,51-19?/t34?,35?,37-,38-,40?/m0/s1. The number of carbonyl (C=O) groups excluding carboxylic acids is 2. The van der Waals surface area contributed by atoms with Crippen LogP contribution in [0.4, 0.5) is 32.6 Å². The van der Waals surface area contributed by atoms with E-state index in [1.807, 2.05) is 22.8 Å². The Balaban J connectivity index is 1.11. The summed E-state index contributed by atoms with van der Waals surface area (Å²) in [6.07, 6.45) is -1.40. The van der Waals surface area contributed by atoms with Crippen LogP contribution in [-0.2, 0) is 27.2 Å². The van der Waals surface area contributed by atoms with Crippen LogP contribution in [0.1, 0.15) is 54.5 Å². The van der Waals surface area contributed by atoms with E-state index in [0.29, 0.717) is 34.8 Å². The molecule has 0 saturated carbocycles. The molecule has 6 rings (SSSR count). The maximum absolute atomic E-state index is 14.2. The number of rotatable bonds is 17. The van der Waals surface area contributed by atoms with Gasteiger partial charge in [0.2, 0.25) is 5.91 Å². The van der Waals surface area contributed by atoms with Gasteiger partial charge in [-0.3, -0.25) is 9.69 Å². The minimum atomic E-state index is -4.91. The number of amides is 2. The van der Waals surface area contributed by atoms with Crippen LogP contribution in [-0.4, -0.2) is 122 Å². The van der Waals surface area contributed by atoms with Gasteiger partial charge in [0, 0.05) is 73.6 Å². The molecule has 3 aromatic rings. The highest BCUT2D eigenvalue weighted by Crippen LogP contribution is 2.41. The van der Waals surface area contributed by atoms with Gasteiger partial charge < -0.3 is 46.2 Å². The number of hydrogen-bond acceptors (Lipinski definition) is 11. The second-order valence-corrected chi connectivity index (χ2v) is 16.5. The number of piperazine rings is 1. The third-order valence-electron chi connectivity index (χ3n) is 11.9. The Labute approximate surface area is 363 Å². The molecule has 3 aliphatic heterocycles. The van der Waals surface area contributed by atoms with Crippen molar-refractivity contribution in [2.45, 2.75) is 88.7 Å². The van der Waals surface area contributed by atoms with Crippen molar-refractivity contribution in [3.63, 3.8) is 0 Å². The Hall–Kier alpha value is -5.61. The molecule has 4 heterocycles. The molecule has 63 heavy (non-hydrogen) atoms. The molecule has 18 heteroatoms. The number of benzene rings is 2. The molecule has 6 N–H and O–H groups in total. The number of hydrogen-bond donors (Lipinski definition) is 6. The van der Waals surface area contributed by atoms with Crippen LogP contribution in [0, 0.1) is 22.7 Å². The van der Waals surface area contributed by atoms with Crippen LogP contribution < -0.4 is 26.2 Å². The highest BCUT2D eigenvalue weighted by atomic mass is 19.4. The first-order chi connectivity index (χ1) is 30.1. The van der Waals surface area contributed by atoms with Crippen molar-refractivity contribution in [2.24, 2.45) is 5.41 Å². The third-order valence-corrected chi connectivity index (χ3v) is 11.9. The number of ether oxygens (including phenoxy) is 2. The first-order valence-electron chi connectivity index (χ1n) is 20.7. The number of nitrogens with one attached hydrogen (secondary N) is 5. The summed E-state index contributed by atoms with van der Waals surface area (Å²) in [5.41, 5.74) is 0.780. The number of aliphatic hydroxyl groups excluding tert-OH is 1. The summed E-state index contributed by atoms with van der Waals surface area (Å²) in [5.74, 6) is 6.01. The highest BCUT2D eigenvalue weighted by Gasteiger charge is 2.56. The second-order valence-electron chi connectivity index (χ2n) is 16.5. The maximum Gasteiger partial charge on any atom is 0.407 e. The molecule has 2 amide bonds. The van der Waals surface area contributed by atoms with Crippen molar-refractivity contribution in [3.8, 4) is 11.8 Å². The smallest absolute Gasteiger partial charge is 0.407 e. The van der Waals surface area contributed by atoms with Crippen molar-refractivity contribution in [3.05, 3.63) is 101 Å². The molecule has 3 fully saturated rings. The van der Waals surface area contributed by atoms with Crippen molar-refractivity contribution in [1.29, 1.82) is 5.41 Å². The molecule has 3 saturated heterocycles. The zero-order valence-electron chi connectivity index (χ0n) is 35.2. The van der Waals surface area contributed by atoms with Gasteiger partial charge in [-0.2, -0.15) is 22.0 Å². The number of pyridine rings is 1. The Morgan fingerprint density at radius 3 is 2.14 bits per heavy atom. The average molecular weight is 881 g/mol. The van der Waals surface area contributed by atoms with E-state index < -0.39 is 48.3 Å². The number of aliphatic hydroxyl groups is 1. The highest BCUT2D eigenvalue weighted by molar-refractivity contribution is 6.08. The lowest BCUT2D eigenvalue weighted by molar-refractivity contribution is -0.220. The Morgan fingerprint density at radius 2 is 1.59 bits per heavy atom. The number of methoxy groups -OCH3 is 1. The van der Waals surface area contributed by atoms with Gasteiger partial charge in [0.25, 0.3) is 0 Å². The summed E-state index contributed by atoms with van der Waals surface area (Å²) in [5, 5.41) is 28.4. The van der Waals surface area contributed by atoms with Crippen molar-refractivity contribution in [2.75, 3.05) is 44.9 Å². The molecule has 2 aromatic carbocycles. The molecule has 1 aromatic heterocycles. The van der Waals surface area contributed by atoms with Crippen LogP contribution in [0.5, 0.6) is 0 Å². The number of carbonyl (C=O) groups is 2. The topological polar surface area (TPSA) is 164 Å². The molecule has 13 nitrogen and oxygen atoms in total. The summed E-state index contributed by atoms with van der Waals surface area (Å²) >= 11 is 0. The van der Waals surface area contributed by atoms with Gasteiger partial charge in [0.15, 0.2) is 0 Å². The van der Waals surface area contributed by atoms with Gasteiger partial charge in [-0.05, 0) is 74.1 Å². The summed E-state index contributed by atoms with van der Waals surface area (Å²) in [4.78, 5) is 35.5. The van der Waals surface area contributed by atoms with Crippen molar-refractivity contribution < 1.29 is 46.1 Å². The number of fused-ring (bicyclic) bond motifs is 2. The van der Waals surface area contributed by atoms with E-state index in [1.54, 1.807) is 54.7 Å².